The first-order valence-corrected chi connectivity index (χ1v) is 8.60. The van der Waals surface area contributed by atoms with Crippen molar-refractivity contribution >= 4 is 26.7 Å². The van der Waals surface area contributed by atoms with Crippen LogP contribution < -0.4 is 5.73 Å². The summed E-state index contributed by atoms with van der Waals surface area (Å²) in [6.45, 7) is 5.80. The van der Waals surface area contributed by atoms with Crippen LogP contribution in [0.1, 0.15) is 45.1 Å². The summed E-state index contributed by atoms with van der Waals surface area (Å²) in [5.74, 6) is 0. The number of aromatic nitrogens is 1. The molecule has 2 N–H and O–H groups in total. The van der Waals surface area contributed by atoms with Gasteiger partial charge >= 0.3 is 0 Å². The minimum absolute atomic E-state index is 0.538. The highest BCUT2D eigenvalue weighted by atomic mass is 32.1. The summed E-state index contributed by atoms with van der Waals surface area (Å²) in [7, 11) is 2.26. The number of fused-ring (bicyclic) bond motifs is 1. The number of thiazole rings is 1. The number of nitrogens with zero attached hydrogens (tertiary/aromatic N) is 2. The highest BCUT2D eigenvalue weighted by Crippen LogP contribution is 2.37. The van der Waals surface area contributed by atoms with E-state index in [0.29, 0.717) is 10.5 Å². The first-order chi connectivity index (χ1) is 9.93. The summed E-state index contributed by atoms with van der Waals surface area (Å²) >= 11 is 1.58. The summed E-state index contributed by atoms with van der Waals surface area (Å²) in [4.78, 5) is 6.84. The molecule has 0 saturated heterocycles. The van der Waals surface area contributed by atoms with E-state index in [1.54, 1.807) is 11.3 Å². The second kappa shape index (κ2) is 5.58. The van der Waals surface area contributed by atoms with Gasteiger partial charge in [0.25, 0.3) is 0 Å². The van der Waals surface area contributed by atoms with E-state index in [4.69, 9.17) is 5.73 Å². The quantitative estimate of drug-likeness (QED) is 0.920. The second-order valence-electron chi connectivity index (χ2n) is 7.16. The molecule has 1 aliphatic rings. The molecule has 1 fully saturated rings. The fourth-order valence-corrected chi connectivity index (χ4v) is 4.12. The van der Waals surface area contributed by atoms with Crippen molar-refractivity contribution in [2.75, 3.05) is 12.8 Å². The van der Waals surface area contributed by atoms with E-state index in [0.717, 1.165) is 18.1 Å². The van der Waals surface area contributed by atoms with Gasteiger partial charge in [0.1, 0.15) is 0 Å². The Balaban J connectivity index is 1.67. The molecule has 0 atom stereocenters. The van der Waals surface area contributed by atoms with Crippen molar-refractivity contribution in [3.63, 3.8) is 0 Å². The highest BCUT2D eigenvalue weighted by Gasteiger charge is 2.28. The van der Waals surface area contributed by atoms with Crippen molar-refractivity contribution in [2.24, 2.45) is 5.41 Å². The van der Waals surface area contributed by atoms with Gasteiger partial charge in [0.05, 0.1) is 10.2 Å². The fourth-order valence-electron chi connectivity index (χ4n) is 3.33. The molecule has 0 radical (unpaired) electrons. The number of hydrogen-bond donors (Lipinski definition) is 1. The number of rotatable bonds is 3. The largest absolute Gasteiger partial charge is 0.375 e. The lowest BCUT2D eigenvalue weighted by Crippen LogP contribution is -2.36. The molecule has 114 valence electrons. The van der Waals surface area contributed by atoms with Gasteiger partial charge in [-0.2, -0.15) is 0 Å². The standard InChI is InChI=1S/C17H25N3S/c1-17(2)8-6-13(7-9-17)20(3)11-12-4-5-14-15(10-12)21-16(18)19-14/h4-5,10,13H,6-9,11H2,1-3H3,(H2,18,19). The van der Waals surface area contributed by atoms with Crippen molar-refractivity contribution in [2.45, 2.75) is 52.1 Å². The van der Waals surface area contributed by atoms with Gasteiger partial charge in [-0.25, -0.2) is 4.98 Å². The minimum Gasteiger partial charge on any atom is -0.375 e. The third-order valence-corrected chi connectivity index (χ3v) is 5.68. The van der Waals surface area contributed by atoms with Crippen LogP contribution in [0.3, 0.4) is 0 Å². The summed E-state index contributed by atoms with van der Waals surface area (Å²) in [5.41, 5.74) is 8.70. The topological polar surface area (TPSA) is 42.2 Å². The molecular weight excluding hydrogens is 278 g/mol. The molecule has 1 heterocycles. The minimum atomic E-state index is 0.538. The third-order valence-electron chi connectivity index (χ3n) is 4.83. The molecule has 4 heteroatoms. The monoisotopic (exact) mass is 303 g/mol. The SMILES string of the molecule is CN(Cc1ccc2nc(N)sc2c1)C1CCC(C)(C)CC1. The average Bonchev–Trinajstić information content (AvgIpc) is 2.78. The molecular formula is C17H25N3S. The lowest BCUT2D eigenvalue weighted by Gasteiger charge is -2.38. The molecule has 0 bridgehead atoms. The fraction of sp³-hybridized carbons (Fsp3) is 0.588. The molecule has 1 aromatic carbocycles. The van der Waals surface area contributed by atoms with Crippen molar-refractivity contribution in [1.29, 1.82) is 0 Å². The Morgan fingerprint density at radius 2 is 2.05 bits per heavy atom. The number of benzene rings is 1. The van der Waals surface area contributed by atoms with Crippen molar-refractivity contribution < 1.29 is 0 Å². The maximum absolute atomic E-state index is 5.78. The number of anilines is 1. The summed E-state index contributed by atoms with van der Waals surface area (Å²) in [6, 6.07) is 7.24. The predicted molar refractivity (Wildman–Crippen MR) is 91.5 cm³/mol. The molecule has 1 saturated carbocycles. The Morgan fingerprint density at radius 1 is 1.33 bits per heavy atom. The molecule has 2 aromatic rings. The average molecular weight is 303 g/mol. The lowest BCUT2D eigenvalue weighted by atomic mass is 9.75. The van der Waals surface area contributed by atoms with Crippen LogP contribution in [0.5, 0.6) is 0 Å². The van der Waals surface area contributed by atoms with Crippen LogP contribution in [0, 0.1) is 5.41 Å². The maximum Gasteiger partial charge on any atom is 0.181 e. The zero-order valence-corrected chi connectivity index (χ0v) is 14.0. The Hall–Kier alpha value is -1.13. The molecule has 3 rings (SSSR count). The number of nitrogens with two attached hydrogens (primary N) is 1. The Labute approximate surface area is 131 Å². The summed E-state index contributed by atoms with van der Waals surface area (Å²) in [6.07, 6.45) is 5.32. The molecule has 0 spiro atoms. The molecule has 0 unspecified atom stereocenters. The van der Waals surface area contributed by atoms with Crippen LogP contribution in [0.15, 0.2) is 18.2 Å². The van der Waals surface area contributed by atoms with Gasteiger partial charge in [0, 0.05) is 12.6 Å². The first-order valence-electron chi connectivity index (χ1n) is 7.78. The number of hydrogen-bond acceptors (Lipinski definition) is 4. The van der Waals surface area contributed by atoms with Crippen LogP contribution in [0.25, 0.3) is 10.2 Å². The third kappa shape index (κ3) is 3.38. The zero-order chi connectivity index (χ0) is 15.0. The Bertz CT molecular complexity index is 622. The van der Waals surface area contributed by atoms with Gasteiger partial charge in [-0.3, -0.25) is 4.90 Å². The summed E-state index contributed by atoms with van der Waals surface area (Å²) < 4.78 is 1.20. The molecule has 1 aromatic heterocycles. The van der Waals surface area contributed by atoms with E-state index in [1.165, 1.54) is 35.9 Å². The van der Waals surface area contributed by atoms with Crippen molar-refractivity contribution in [3.05, 3.63) is 23.8 Å². The number of nitrogen functional groups attached to an aromatic ring is 1. The molecule has 3 nitrogen and oxygen atoms in total. The van der Waals surface area contributed by atoms with Gasteiger partial charge in [-0.1, -0.05) is 31.3 Å². The van der Waals surface area contributed by atoms with Crippen LogP contribution in [-0.2, 0) is 6.54 Å². The van der Waals surface area contributed by atoms with E-state index in [-0.39, 0.29) is 0 Å². The predicted octanol–water partition coefficient (Wildman–Crippen LogP) is 4.28. The van der Waals surface area contributed by atoms with Crippen LogP contribution in [0.2, 0.25) is 0 Å². The van der Waals surface area contributed by atoms with E-state index < -0.39 is 0 Å². The van der Waals surface area contributed by atoms with E-state index in [1.807, 2.05) is 0 Å². The normalized spacial score (nSPS) is 19.4. The Kier molecular flexibility index (Phi) is 3.93. The van der Waals surface area contributed by atoms with Gasteiger partial charge < -0.3 is 5.73 Å². The van der Waals surface area contributed by atoms with E-state index in [9.17, 15) is 0 Å². The maximum atomic E-state index is 5.78. The first kappa shape index (κ1) is 14.8. The molecule has 1 aliphatic carbocycles. The Morgan fingerprint density at radius 3 is 2.76 bits per heavy atom. The van der Waals surface area contributed by atoms with Crippen LogP contribution >= 0.6 is 11.3 Å². The van der Waals surface area contributed by atoms with Gasteiger partial charge in [0.2, 0.25) is 0 Å². The molecule has 0 amide bonds. The smallest absolute Gasteiger partial charge is 0.181 e. The molecule has 0 aliphatic heterocycles. The van der Waals surface area contributed by atoms with Crippen LogP contribution in [0.4, 0.5) is 5.13 Å². The van der Waals surface area contributed by atoms with Crippen molar-refractivity contribution in [3.8, 4) is 0 Å². The summed E-state index contributed by atoms with van der Waals surface area (Å²) in [5, 5.41) is 0.657. The molecule has 21 heavy (non-hydrogen) atoms. The second-order valence-corrected chi connectivity index (χ2v) is 8.23. The van der Waals surface area contributed by atoms with E-state index in [2.05, 4.69) is 49.0 Å². The lowest BCUT2D eigenvalue weighted by molar-refractivity contribution is 0.123. The van der Waals surface area contributed by atoms with E-state index >= 15 is 0 Å². The zero-order valence-electron chi connectivity index (χ0n) is 13.2. The van der Waals surface area contributed by atoms with Crippen molar-refractivity contribution in [1.82, 2.24) is 9.88 Å². The van der Waals surface area contributed by atoms with Crippen LogP contribution in [-0.4, -0.2) is 23.0 Å². The van der Waals surface area contributed by atoms with Gasteiger partial charge in [0.15, 0.2) is 5.13 Å². The van der Waals surface area contributed by atoms with Gasteiger partial charge in [-0.05, 0) is 55.8 Å². The van der Waals surface area contributed by atoms with Gasteiger partial charge in [-0.15, -0.1) is 0 Å². The highest BCUT2D eigenvalue weighted by molar-refractivity contribution is 7.22.